The summed E-state index contributed by atoms with van der Waals surface area (Å²) in [4.78, 5) is 0. The number of halogens is 4. The fourth-order valence-corrected chi connectivity index (χ4v) is 1.93. The zero-order valence-electron chi connectivity index (χ0n) is 8.58. The van der Waals surface area contributed by atoms with Gasteiger partial charge in [0.25, 0.3) is 0 Å². The van der Waals surface area contributed by atoms with Crippen molar-refractivity contribution in [3.8, 4) is 5.69 Å². The van der Waals surface area contributed by atoms with Crippen molar-refractivity contribution >= 4 is 15.9 Å². The Balaban J connectivity index is 2.44. The lowest BCUT2D eigenvalue weighted by molar-refractivity contribution is -0.141. The normalized spacial score (nSPS) is 11.8. The van der Waals surface area contributed by atoms with E-state index in [0.29, 0.717) is 11.0 Å². The Bertz CT molecular complexity index is 519. The van der Waals surface area contributed by atoms with Crippen molar-refractivity contribution in [1.82, 2.24) is 9.78 Å². The van der Waals surface area contributed by atoms with E-state index in [-0.39, 0.29) is 0 Å². The molecule has 0 unspecified atom stereocenters. The number of benzene rings is 1. The van der Waals surface area contributed by atoms with E-state index in [4.69, 9.17) is 0 Å². The molecule has 0 aliphatic rings. The molecular weight excluding hydrogens is 297 g/mol. The number of para-hydroxylation sites is 1. The Hall–Kier alpha value is -1.30. The van der Waals surface area contributed by atoms with Crippen LogP contribution in [0.4, 0.5) is 13.2 Å². The van der Waals surface area contributed by atoms with E-state index in [1.54, 1.807) is 12.1 Å². The second kappa shape index (κ2) is 4.52. The fraction of sp³-hybridized carbons (Fsp3) is 0.182. The third-order valence-electron chi connectivity index (χ3n) is 2.26. The molecule has 0 saturated heterocycles. The Morgan fingerprint density at radius 2 is 1.88 bits per heavy atom. The lowest BCUT2D eigenvalue weighted by Crippen LogP contribution is -2.07. The van der Waals surface area contributed by atoms with Gasteiger partial charge in [-0.15, -0.1) is 0 Å². The summed E-state index contributed by atoms with van der Waals surface area (Å²) in [5.41, 5.74) is 0.631. The summed E-state index contributed by atoms with van der Waals surface area (Å²) >= 11 is 3.29. The molecule has 17 heavy (non-hydrogen) atoms. The van der Waals surface area contributed by atoms with E-state index in [1.165, 1.54) is 10.9 Å². The van der Waals surface area contributed by atoms with E-state index in [1.807, 2.05) is 12.1 Å². The van der Waals surface area contributed by atoms with Crippen molar-refractivity contribution < 1.29 is 13.2 Å². The maximum absolute atomic E-state index is 12.4. The molecule has 90 valence electrons. The molecule has 0 aliphatic heterocycles. The van der Waals surface area contributed by atoms with Crippen LogP contribution in [-0.2, 0) is 11.5 Å². The van der Waals surface area contributed by atoms with Gasteiger partial charge in [0.1, 0.15) is 0 Å². The molecule has 2 rings (SSSR count). The third kappa shape index (κ3) is 2.52. The standard InChI is InChI=1S/C11H8BrF3N2/c12-7-8-3-1-2-4-9(8)17-6-5-10(16-17)11(13,14)15/h1-6H,7H2. The number of aromatic nitrogens is 2. The van der Waals surface area contributed by atoms with Crippen LogP contribution in [-0.4, -0.2) is 9.78 Å². The zero-order valence-corrected chi connectivity index (χ0v) is 10.2. The molecule has 0 spiro atoms. The van der Waals surface area contributed by atoms with Crippen molar-refractivity contribution in [2.45, 2.75) is 11.5 Å². The molecule has 1 heterocycles. The summed E-state index contributed by atoms with van der Waals surface area (Å²) < 4.78 is 38.5. The average molecular weight is 305 g/mol. The molecule has 0 atom stereocenters. The highest BCUT2D eigenvalue weighted by atomic mass is 79.9. The predicted octanol–water partition coefficient (Wildman–Crippen LogP) is 3.79. The van der Waals surface area contributed by atoms with Gasteiger partial charge < -0.3 is 0 Å². The summed E-state index contributed by atoms with van der Waals surface area (Å²) in [7, 11) is 0. The molecule has 1 aromatic carbocycles. The summed E-state index contributed by atoms with van der Waals surface area (Å²) in [6, 6.07) is 8.11. The van der Waals surface area contributed by atoms with Crippen LogP contribution in [0.2, 0.25) is 0 Å². The third-order valence-corrected chi connectivity index (χ3v) is 2.87. The number of rotatable bonds is 2. The van der Waals surface area contributed by atoms with Gasteiger partial charge in [-0.25, -0.2) is 4.68 Å². The number of hydrogen-bond acceptors (Lipinski definition) is 1. The van der Waals surface area contributed by atoms with Crippen molar-refractivity contribution in [3.63, 3.8) is 0 Å². The van der Waals surface area contributed by atoms with Crippen LogP contribution < -0.4 is 0 Å². The molecule has 0 radical (unpaired) electrons. The first kappa shape index (κ1) is 12.2. The smallest absolute Gasteiger partial charge is 0.240 e. The van der Waals surface area contributed by atoms with Crippen molar-refractivity contribution in [1.29, 1.82) is 0 Å². The van der Waals surface area contributed by atoms with Crippen molar-refractivity contribution in [2.75, 3.05) is 0 Å². The van der Waals surface area contributed by atoms with Crippen LogP contribution in [0, 0.1) is 0 Å². The van der Waals surface area contributed by atoms with E-state index in [9.17, 15) is 13.2 Å². The molecule has 1 aromatic heterocycles. The lowest BCUT2D eigenvalue weighted by atomic mass is 10.2. The zero-order chi connectivity index (χ0) is 12.5. The highest BCUT2D eigenvalue weighted by Gasteiger charge is 2.33. The topological polar surface area (TPSA) is 17.8 Å². The molecule has 0 saturated carbocycles. The first-order valence-corrected chi connectivity index (χ1v) is 5.91. The predicted molar refractivity (Wildman–Crippen MR) is 61.2 cm³/mol. The molecular formula is C11H8BrF3N2. The second-order valence-corrected chi connectivity index (χ2v) is 3.97. The fourth-order valence-electron chi connectivity index (χ4n) is 1.46. The quantitative estimate of drug-likeness (QED) is 0.772. The van der Waals surface area contributed by atoms with Gasteiger partial charge in [-0.05, 0) is 17.7 Å². The maximum Gasteiger partial charge on any atom is 0.435 e. The van der Waals surface area contributed by atoms with Gasteiger partial charge in [0.05, 0.1) is 5.69 Å². The Labute approximate surface area is 104 Å². The molecule has 6 heteroatoms. The Morgan fingerprint density at radius 3 is 2.47 bits per heavy atom. The van der Waals surface area contributed by atoms with Gasteiger partial charge in [0, 0.05) is 11.5 Å². The van der Waals surface area contributed by atoms with Crippen LogP contribution in [0.5, 0.6) is 0 Å². The monoisotopic (exact) mass is 304 g/mol. The minimum Gasteiger partial charge on any atom is -0.240 e. The molecule has 0 fully saturated rings. The van der Waals surface area contributed by atoms with Gasteiger partial charge in [-0.3, -0.25) is 0 Å². The minimum absolute atomic E-state index is 0.560. The van der Waals surface area contributed by atoms with Crippen molar-refractivity contribution in [2.24, 2.45) is 0 Å². The Kier molecular flexibility index (Phi) is 3.24. The molecule has 0 amide bonds. The summed E-state index contributed by atoms with van der Waals surface area (Å²) in [5.74, 6) is 0. The van der Waals surface area contributed by atoms with E-state index < -0.39 is 11.9 Å². The van der Waals surface area contributed by atoms with Gasteiger partial charge in [0.2, 0.25) is 0 Å². The summed E-state index contributed by atoms with van der Waals surface area (Å²) in [6.45, 7) is 0. The first-order chi connectivity index (χ1) is 8.02. The summed E-state index contributed by atoms with van der Waals surface area (Å²) in [6.07, 6.45) is -3.10. The average Bonchev–Trinajstić information content (AvgIpc) is 2.77. The number of alkyl halides is 4. The van der Waals surface area contributed by atoms with Crippen LogP contribution in [0.25, 0.3) is 5.69 Å². The van der Waals surface area contributed by atoms with E-state index >= 15 is 0 Å². The van der Waals surface area contributed by atoms with Crippen LogP contribution >= 0.6 is 15.9 Å². The van der Waals surface area contributed by atoms with E-state index in [2.05, 4.69) is 21.0 Å². The largest absolute Gasteiger partial charge is 0.435 e. The molecule has 0 bridgehead atoms. The molecule has 0 N–H and O–H groups in total. The lowest BCUT2D eigenvalue weighted by Gasteiger charge is -2.07. The highest BCUT2D eigenvalue weighted by molar-refractivity contribution is 9.08. The van der Waals surface area contributed by atoms with Crippen LogP contribution in [0.15, 0.2) is 36.5 Å². The van der Waals surface area contributed by atoms with Crippen LogP contribution in [0.3, 0.4) is 0 Å². The number of hydrogen-bond donors (Lipinski definition) is 0. The van der Waals surface area contributed by atoms with Crippen molar-refractivity contribution in [3.05, 3.63) is 47.8 Å². The molecule has 0 aliphatic carbocycles. The SMILES string of the molecule is FC(F)(F)c1ccn(-c2ccccc2CBr)n1. The number of nitrogens with zero attached hydrogens (tertiary/aromatic N) is 2. The second-order valence-electron chi connectivity index (χ2n) is 3.41. The van der Waals surface area contributed by atoms with Gasteiger partial charge >= 0.3 is 6.18 Å². The highest BCUT2D eigenvalue weighted by Crippen LogP contribution is 2.28. The molecule has 2 aromatic rings. The Morgan fingerprint density at radius 1 is 1.18 bits per heavy atom. The minimum atomic E-state index is -4.41. The van der Waals surface area contributed by atoms with Gasteiger partial charge in [-0.2, -0.15) is 18.3 Å². The molecule has 2 nitrogen and oxygen atoms in total. The van der Waals surface area contributed by atoms with Gasteiger partial charge in [-0.1, -0.05) is 34.1 Å². The maximum atomic E-state index is 12.4. The summed E-state index contributed by atoms with van der Waals surface area (Å²) in [5, 5.41) is 4.09. The van der Waals surface area contributed by atoms with Gasteiger partial charge in [0.15, 0.2) is 5.69 Å². The van der Waals surface area contributed by atoms with Crippen LogP contribution in [0.1, 0.15) is 11.3 Å². The first-order valence-electron chi connectivity index (χ1n) is 4.79. The van der Waals surface area contributed by atoms with E-state index in [0.717, 1.165) is 11.6 Å².